The molecule has 1 aliphatic rings. The van der Waals surface area contributed by atoms with Gasteiger partial charge in [-0.3, -0.25) is 0 Å². The molecule has 4 nitrogen and oxygen atoms in total. The lowest BCUT2D eigenvalue weighted by atomic mass is 9.94. The maximum absolute atomic E-state index is 5.52. The van der Waals surface area contributed by atoms with Crippen molar-refractivity contribution in [2.45, 2.75) is 38.1 Å². The quantitative estimate of drug-likeness (QED) is 0.764. The SMILES string of the molecule is C#CCN(c1nc(-c2ccc(Br)cc2)no1)C1CCCCC1. The highest BCUT2D eigenvalue weighted by Crippen LogP contribution is 2.28. The van der Waals surface area contributed by atoms with E-state index in [1.54, 1.807) is 0 Å². The molecule has 0 N–H and O–H groups in total. The van der Waals surface area contributed by atoms with Gasteiger partial charge in [0.25, 0.3) is 0 Å². The van der Waals surface area contributed by atoms with E-state index in [-0.39, 0.29) is 0 Å². The lowest BCUT2D eigenvalue weighted by Gasteiger charge is -2.31. The second-order valence-electron chi connectivity index (χ2n) is 5.53. The van der Waals surface area contributed by atoms with Crippen molar-refractivity contribution in [2.24, 2.45) is 0 Å². The van der Waals surface area contributed by atoms with E-state index < -0.39 is 0 Å². The number of terminal acetylenes is 1. The van der Waals surface area contributed by atoms with Crippen LogP contribution < -0.4 is 4.90 Å². The Morgan fingerprint density at radius 3 is 2.64 bits per heavy atom. The Balaban J connectivity index is 1.83. The minimum atomic E-state index is 0.406. The minimum absolute atomic E-state index is 0.406. The molecular weight excluding hydrogens is 342 g/mol. The average Bonchev–Trinajstić information content (AvgIpc) is 3.04. The molecule has 114 valence electrons. The monoisotopic (exact) mass is 359 g/mol. The Morgan fingerprint density at radius 1 is 1.23 bits per heavy atom. The third-order valence-corrected chi connectivity index (χ3v) is 4.57. The fourth-order valence-corrected chi connectivity index (χ4v) is 3.16. The Morgan fingerprint density at radius 2 is 1.95 bits per heavy atom. The summed E-state index contributed by atoms with van der Waals surface area (Å²) in [6, 6.07) is 8.79. The van der Waals surface area contributed by atoms with Gasteiger partial charge in [0.2, 0.25) is 5.82 Å². The van der Waals surface area contributed by atoms with Crippen molar-refractivity contribution in [1.29, 1.82) is 0 Å². The van der Waals surface area contributed by atoms with Gasteiger partial charge in [0, 0.05) is 16.1 Å². The summed E-state index contributed by atoms with van der Waals surface area (Å²) in [6.07, 6.45) is 11.6. The molecule has 1 fully saturated rings. The summed E-state index contributed by atoms with van der Waals surface area (Å²) < 4.78 is 6.50. The van der Waals surface area contributed by atoms with Crippen molar-refractivity contribution < 1.29 is 4.52 Å². The van der Waals surface area contributed by atoms with Gasteiger partial charge in [-0.2, -0.15) is 4.98 Å². The van der Waals surface area contributed by atoms with Crippen molar-refractivity contribution in [1.82, 2.24) is 10.1 Å². The number of hydrogen-bond acceptors (Lipinski definition) is 4. The van der Waals surface area contributed by atoms with Gasteiger partial charge in [0.1, 0.15) is 0 Å². The first-order chi connectivity index (χ1) is 10.8. The summed E-state index contributed by atoms with van der Waals surface area (Å²) in [4.78, 5) is 6.62. The summed E-state index contributed by atoms with van der Waals surface area (Å²) in [5.74, 6) is 3.31. The molecule has 2 aromatic rings. The number of halogens is 1. The van der Waals surface area contributed by atoms with Gasteiger partial charge in [-0.1, -0.05) is 46.3 Å². The van der Waals surface area contributed by atoms with E-state index >= 15 is 0 Å². The molecule has 1 aromatic carbocycles. The van der Waals surface area contributed by atoms with Crippen LogP contribution in [0.15, 0.2) is 33.3 Å². The Hall–Kier alpha value is -1.80. The van der Waals surface area contributed by atoms with Crippen LogP contribution in [0.3, 0.4) is 0 Å². The molecule has 0 bridgehead atoms. The molecule has 0 saturated heterocycles. The first kappa shape index (κ1) is 15.1. The van der Waals surface area contributed by atoms with Crippen LogP contribution in [0.25, 0.3) is 11.4 Å². The van der Waals surface area contributed by atoms with E-state index in [0.717, 1.165) is 22.9 Å². The number of nitrogens with zero attached hydrogens (tertiary/aromatic N) is 3. The Kier molecular flexibility index (Phi) is 4.79. The predicted octanol–water partition coefficient (Wildman–Crippen LogP) is 4.27. The molecule has 1 heterocycles. The van der Waals surface area contributed by atoms with Gasteiger partial charge in [-0.25, -0.2) is 0 Å². The van der Waals surface area contributed by atoms with Crippen molar-refractivity contribution in [3.8, 4) is 23.7 Å². The summed E-state index contributed by atoms with van der Waals surface area (Å²) in [5, 5.41) is 4.10. The highest BCUT2D eigenvalue weighted by atomic mass is 79.9. The second-order valence-corrected chi connectivity index (χ2v) is 6.45. The van der Waals surface area contributed by atoms with Crippen molar-refractivity contribution in [3.05, 3.63) is 28.7 Å². The summed E-state index contributed by atoms with van der Waals surface area (Å²) in [5.41, 5.74) is 0.933. The van der Waals surface area contributed by atoms with E-state index in [4.69, 9.17) is 10.9 Å². The molecule has 22 heavy (non-hydrogen) atoms. The van der Waals surface area contributed by atoms with Gasteiger partial charge in [0.15, 0.2) is 0 Å². The third-order valence-electron chi connectivity index (χ3n) is 4.04. The second kappa shape index (κ2) is 6.97. The largest absolute Gasteiger partial charge is 0.325 e. The number of rotatable bonds is 4. The van der Waals surface area contributed by atoms with Crippen molar-refractivity contribution >= 4 is 21.9 Å². The zero-order chi connectivity index (χ0) is 15.4. The Labute approximate surface area is 139 Å². The smallest absolute Gasteiger partial charge is 0.315 e. The van der Waals surface area contributed by atoms with E-state index in [1.165, 1.54) is 19.3 Å². The van der Waals surface area contributed by atoms with Crippen LogP contribution in [0, 0.1) is 12.3 Å². The fourth-order valence-electron chi connectivity index (χ4n) is 2.89. The van der Waals surface area contributed by atoms with Gasteiger partial charge in [-0.15, -0.1) is 6.42 Å². The topological polar surface area (TPSA) is 42.2 Å². The van der Waals surface area contributed by atoms with E-state index in [9.17, 15) is 0 Å². The van der Waals surface area contributed by atoms with E-state index in [1.807, 2.05) is 24.3 Å². The molecule has 0 spiro atoms. The lowest BCUT2D eigenvalue weighted by molar-refractivity contribution is 0.369. The number of benzene rings is 1. The van der Waals surface area contributed by atoms with Crippen LogP contribution in [0.5, 0.6) is 0 Å². The number of hydrogen-bond donors (Lipinski definition) is 0. The average molecular weight is 360 g/mol. The zero-order valence-electron chi connectivity index (χ0n) is 12.3. The van der Waals surface area contributed by atoms with Crippen molar-refractivity contribution in [2.75, 3.05) is 11.4 Å². The van der Waals surface area contributed by atoms with Gasteiger partial charge >= 0.3 is 6.01 Å². The van der Waals surface area contributed by atoms with Crippen LogP contribution in [0.2, 0.25) is 0 Å². The summed E-state index contributed by atoms with van der Waals surface area (Å²) in [7, 11) is 0. The molecule has 1 saturated carbocycles. The highest BCUT2D eigenvalue weighted by molar-refractivity contribution is 9.10. The fraction of sp³-hybridized carbons (Fsp3) is 0.412. The molecule has 0 radical (unpaired) electrons. The number of aromatic nitrogens is 2. The van der Waals surface area contributed by atoms with Crippen molar-refractivity contribution in [3.63, 3.8) is 0 Å². The third kappa shape index (κ3) is 3.33. The van der Waals surface area contributed by atoms with Crippen LogP contribution in [-0.2, 0) is 0 Å². The summed E-state index contributed by atoms with van der Waals surface area (Å²) >= 11 is 3.42. The standard InChI is InChI=1S/C17H18BrN3O/c1-2-12-21(15-6-4-3-5-7-15)17-19-16(20-22-17)13-8-10-14(18)11-9-13/h1,8-11,15H,3-7,12H2. The maximum atomic E-state index is 5.52. The number of anilines is 1. The molecule has 0 aliphatic heterocycles. The Bertz CT molecular complexity index is 653. The van der Waals surface area contributed by atoms with E-state index in [2.05, 4.69) is 36.9 Å². The normalized spacial score (nSPS) is 15.5. The first-order valence-electron chi connectivity index (χ1n) is 7.57. The molecule has 0 atom stereocenters. The van der Waals surface area contributed by atoms with Crippen LogP contribution in [0.4, 0.5) is 6.01 Å². The lowest BCUT2D eigenvalue weighted by Crippen LogP contribution is -2.37. The van der Waals surface area contributed by atoms with Crippen LogP contribution >= 0.6 is 15.9 Å². The van der Waals surface area contributed by atoms with E-state index in [0.29, 0.717) is 24.4 Å². The zero-order valence-corrected chi connectivity index (χ0v) is 13.9. The summed E-state index contributed by atoms with van der Waals surface area (Å²) in [6.45, 7) is 0.507. The van der Waals surface area contributed by atoms with Gasteiger partial charge in [-0.05, 0) is 37.1 Å². The van der Waals surface area contributed by atoms with Gasteiger partial charge < -0.3 is 9.42 Å². The molecule has 1 aromatic heterocycles. The minimum Gasteiger partial charge on any atom is -0.315 e. The molecule has 3 rings (SSSR count). The predicted molar refractivity (Wildman–Crippen MR) is 90.5 cm³/mol. The van der Waals surface area contributed by atoms with Crippen LogP contribution in [0.1, 0.15) is 32.1 Å². The highest BCUT2D eigenvalue weighted by Gasteiger charge is 2.25. The molecule has 5 heteroatoms. The maximum Gasteiger partial charge on any atom is 0.325 e. The first-order valence-corrected chi connectivity index (χ1v) is 8.37. The molecule has 0 amide bonds. The molecular formula is C17H18BrN3O. The molecule has 0 unspecified atom stereocenters. The van der Waals surface area contributed by atoms with Gasteiger partial charge in [0.05, 0.1) is 6.54 Å². The van der Waals surface area contributed by atoms with Crippen LogP contribution in [-0.4, -0.2) is 22.7 Å². The molecule has 1 aliphatic carbocycles.